The van der Waals surface area contributed by atoms with E-state index < -0.39 is 74.7 Å². The number of likely N-dealkylation sites (tertiary alicyclic amines) is 1. The highest BCUT2D eigenvalue weighted by atomic mass is 32.2. The zero-order chi connectivity index (χ0) is 36.4. The first-order valence-electron chi connectivity index (χ1n) is 17.3. The first kappa shape index (κ1) is 39.7. The summed E-state index contributed by atoms with van der Waals surface area (Å²) >= 11 is 0. The Morgan fingerprint density at radius 3 is 1.98 bits per heavy atom. The summed E-state index contributed by atoms with van der Waals surface area (Å²) in [6.07, 6.45) is 4.37. The first-order valence-corrected chi connectivity index (χ1v) is 18.7. The summed E-state index contributed by atoms with van der Waals surface area (Å²) in [5, 5.41) is 8.57. The van der Waals surface area contributed by atoms with Crippen LogP contribution in [0.1, 0.15) is 93.9 Å². The van der Waals surface area contributed by atoms with E-state index >= 15 is 0 Å². The van der Waals surface area contributed by atoms with Gasteiger partial charge in [0.2, 0.25) is 17.6 Å². The lowest BCUT2D eigenvalue weighted by Gasteiger charge is -2.40. The van der Waals surface area contributed by atoms with Crippen LogP contribution >= 0.6 is 0 Å². The molecule has 2 heterocycles. The molecule has 2 aliphatic heterocycles. The van der Waals surface area contributed by atoms with Gasteiger partial charge in [-0.3, -0.25) is 19.2 Å². The average Bonchev–Trinajstić information content (AvgIpc) is 3.39. The largest absolute Gasteiger partial charge is 0.363 e. The molecule has 274 valence electrons. The number of hydrogen-bond acceptors (Lipinski definition) is 7. The molecule has 0 bridgehead atoms. The highest BCUT2D eigenvalue weighted by Crippen LogP contribution is 2.35. The Kier molecular flexibility index (Phi) is 12.7. The van der Waals surface area contributed by atoms with Gasteiger partial charge < -0.3 is 26.6 Å². The molecule has 15 heteroatoms. The maximum atomic E-state index is 14.4. The van der Waals surface area contributed by atoms with E-state index in [4.69, 9.17) is 5.73 Å². The van der Waals surface area contributed by atoms with Crippen molar-refractivity contribution in [2.24, 2.45) is 34.3 Å². The van der Waals surface area contributed by atoms with Gasteiger partial charge >= 0.3 is 6.03 Å². The van der Waals surface area contributed by atoms with Crippen molar-refractivity contribution in [3.05, 3.63) is 0 Å². The van der Waals surface area contributed by atoms with E-state index in [0.29, 0.717) is 32.4 Å². The van der Waals surface area contributed by atoms with Gasteiger partial charge in [0.1, 0.15) is 12.1 Å². The Morgan fingerprint density at radius 2 is 1.48 bits per heavy atom. The summed E-state index contributed by atoms with van der Waals surface area (Å²) in [6, 6.07) is -4.23. The number of carbonyl (C=O) groups excluding carboxylic acids is 5. The van der Waals surface area contributed by atoms with Gasteiger partial charge in [0.15, 0.2) is 0 Å². The van der Waals surface area contributed by atoms with Crippen molar-refractivity contribution in [3.63, 3.8) is 0 Å². The summed E-state index contributed by atoms with van der Waals surface area (Å²) in [5.41, 5.74) is 4.04. The maximum absolute atomic E-state index is 14.4. The van der Waals surface area contributed by atoms with Gasteiger partial charge in [0, 0.05) is 39.3 Å². The van der Waals surface area contributed by atoms with E-state index in [-0.39, 0.29) is 30.8 Å². The molecular weight excluding hydrogens is 638 g/mol. The van der Waals surface area contributed by atoms with Crippen LogP contribution < -0.4 is 21.7 Å². The van der Waals surface area contributed by atoms with E-state index in [0.717, 1.165) is 19.3 Å². The smallest absolute Gasteiger partial charge is 0.315 e. The number of ketones is 1. The van der Waals surface area contributed by atoms with Crippen LogP contribution in [0.4, 0.5) is 4.79 Å². The molecule has 0 aromatic rings. The second kappa shape index (κ2) is 15.4. The fraction of sp³-hybridized carbons (Fsp3) is 0.848. The highest BCUT2D eigenvalue weighted by molar-refractivity contribution is 7.86. The third-order valence-electron chi connectivity index (χ3n) is 10.2. The summed E-state index contributed by atoms with van der Waals surface area (Å²) in [5.74, 6) is -2.90. The lowest BCUT2D eigenvalue weighted by Crippen LogP contribution is -2.63. The van der Waals surface area contributed by atoms with Crippen LogP contribution in [0.25, 0.3) is 0 Å². The Morgan fingerprint density at radius 1 is 0.854 bits per heavy atom. The SMILES string of the molecule is CC(C)[C@H]1CCN(C(=O)[C@@H](NC(=O)N[C@H](CN2CCCN(C)S2(=O)=O)C(C)(C)C)C(C)(C)C)[C@@H]1C(=O)NC(CC1CCC1)C(=O)C(N)=O. The van der Waals surface area contributed by atoms with Gasteiger partial charge in [-0.15, -0.1) is 0 Å². The quantitative estimate of drug-likeness (QED) is 0.223. The Balaban J connectivity index is 1.83. The van der Waals surface area contributed by atoms with Gasteiger partial charge in [-0.1, -0.05) is 74.7 Å². The molecule has 3 aliphatic rings. The van der Waals surface area contributed by atoms with Crippen LogP contribution in [0, 0.1) is 28.6 Å². The van der Waals surface area contributed by atoms with Gasteiger partial charge in [0.25, 0.3) is 16.1 Å². The number of urea groups is 1. The lowest BCUT2D eigenvalue weighted by molar-refractivity contribution is -0.144. The van der Waals surface area contributed by atoms with Crippen molar-refractivity contribution in [3.8, 4) is 0 Å². The number of rotatable bonds is 12. The number of amides is 5. The normalized spacial score (nSPS) is 24.3. The van der Waals surface area contributed by atoms with Gasteiger partial charge in [0.05, 0.1) is 6.04 Å². The number of nitrogens with one attached hydrogen (secondary N) is 3. The van der Waals surface area contributed by atoms with Crippen molar-refractivity contribution in [1.82, 2.24) is 29.5 Å². The van der Waals surface area contributed by atoms with Crippen LogP contribution in [-0.2, 0) is 29.4 Å². The minimum absolute atomic E-state index is 0.0254. The fourth-order valence-corrected chi connectivity index (χ4v) is 8.24. The summed E-state index contributed by atoms with van der Waals surface area (Å²) in [7, 11) is -2.13. The molecule has 5 atom stereocenters. The minimum Gasteiger partial charge on any atom is -0.363 e. The van der Waals surface area contributed by atoms with E-state index in [1.54, 1.807) is 0 Å². The molecule has 48 heavy (non-hydrogen) atoms. The second-order valence-electron chi connectivity index (χ2n) is 16.4. The molecule has 1 unspecified atom stereocenters. The number of nitrogens with zero attached hydrogens (tertiary/aromatic N) is 3. The third-order valence-corrected chi connectivity index (χ3v) is 12.2. The number of hydrogen-bond donors (Lipinski definition) is 4. The lowest BCUT2D eigenvalue weighted by atomic mass is 9.80. The molecular formula is C33H59N7O7S. The third kappa shape index (κ3) is 9.46. The minimum atomic E-state index is -3.67. The van der Waals surface area contributed by atoms with Crippen molar-refractivity contribution in [2.45, 2.75) is 118 Å². The average molecular weight is 698 g/mol. The van der Waals surface area contributed by atoms with Crippen LogP contribution in [0.15, 0.2) is 0 Å². The number of carbonyl (C=O) groups is 5. The highest BCUT2D eigenvalue weighted by Gasteiger charge is 2.48. The van der Waals surface area contributed by atoms with Crippen molar-refractivity contribution in [1.29, 1.82) is 0 Å². The Bertz CT molecular complexity index is 1320. The molecule has 0 radical (unpaired) electrons. The van der Waals surface area contributed by atoms with Gasteiger partial charge in [-0.2, -0.15) is 17.0 Å². The molecule has 0 spiro atoms. The van der Waals surface area contributed by atoms with Gasteiger partial charge in [-0.25, -0.2) is 4.79 Å². The molecule has 5 amide bonds. The summed E-state index contributed by atoms with van der Waals surface area (Å²) in [6.45, 7) is 16.2. The Labute approximate surface area is 286 Å². The molecule has 5 N–H and O–H groups in total. The topological polar surface area (TPSA) is 191 Å². The standard InChI is InChI=1S/C33H59N7O7S/c1-20(2)22-14-17-40(25(22)29(43)35-23(26(41)28(34)42)18-21-12-10-13-21)30(44)27(33(6,7)8)37-31(45)36-24(32(3,4)5)19-39-16-11-15-38(9)48(39,46)47/h20-25,27H,10-19H2,1-9H3,(H2,34,42)(H,35,43)(H2,36,37,45)/t22-,23?,24-,25+,27-/m1/s1. The molecule has 1 saturated carbocycles. The van der Waals surface area contributed by atoms with Crippen LogP contribution in [0.2, 0.25) is 0 Å². The molecule has 0 aromatic carbocycles. The molecule has 14 nitrogen and oxygen atoms in total. The first-order chi connectivity index (χ1) is 22.0. The molecule has 3 fully saturated rings. The molecule has 1 aliphatic carbocycles. The molecule has 3 rings (SSSR count). The van der Waals surface area contributed by atoms with Crippen LogP contribution in [0.5, 0.6) is 0 Å². The van der Waals surface area contributed by atoms with Gasteiger partial charge in [-0.05, 0) is 47.8 Å². The predicted molar refractivity (Wildman–Crippen MR) is 182 cm³/mol. The number of primary amides is 1. The summed E-state index contributed by atoms with van der Waals surface area (Å²) < 4.78 is 28.6. The van der Waals surface area contributed by atoms with Crippen LogP contribution in [-0.4, -0.2) is 109 Å². The fourth-order valence-electron chi connectivity index (χ4n) is 6.79. The van der Waals surface area contributed by atoms with Crippen LogP contribution in [0.3, 0.4) is 0 Å². The zero-order valence-electron chi connectivity index (χ0n) is 30.3. The monoisotopic (exact) mass is 697 g/mol. The van der Waals surface area contributed by atoms with Crippen molar-refractivity contribution < 1.29 is 32.4 Å². The number of Topliss-reactive ketones (excluding diaryl/α,β-unsaturated/α-hetero) is 1. The van der Waals surface area contributed by atoms with E-state index in [1.807, 2.05) is 55.4 Å². The van der Waals surface area contributed by atoms with Crippen molar-refractivity contribution >= 4 is 39.7 Å². The predicted octanol–water partition coefficient (Wildman–Crippen LogP) is 1.60. The zero-order valence-corrected chi connectivity index (χ0v) is 31.1. The maximum Gasteiger partial charge on any atom is 0.315 e. The van der Waals surface area contributed by atoms with E-state index in [9.17, 15) is 32.4 Å². The molecule has 2 saturated heterocycles. The summed E-state index contributed by atoms with van der Waals surface area (Å²) in [4.78, 5) is 68.0. The number of nitrogens with two attached hydrogens (primary N) is 1. The van der Waals surface area contributed by atoms with Crippen molar-refractivity contribution in [2.75, 3.05) is 33.2 Å². The van der Waals surface area contributed by atoms with E-state index in [2.05, 4.69) is 16.0 Å². The van der Waals surface area contributed by atoms with E-state index in [1.165, 1.54) is 20.6 Å². The second-order valence-corrected chi connectivity index (χ2v) is 18.4. The Hall–Kier alpha value is -2.78. The molecule has 0 aromatic heterocycles.